The number of hydrogen-bond donors (Lipinski definition) is 0. The maximum Gasteiger partial charge on any atom is 0.341 e. The van der Waals surface area contributed by atoms with Crippen molar-refractivity contribution < 1.29 is 14.3 Å². The Kier molecular flexibility index (Phi) is 4.83. The first kappa shape index (κ1) is 14.2. The molecule has 0 saturated heterocycles. The summed E-state index contributed by atoms with van der Waals surface area (Å²) < 4.78 is 13.7. The van der Waals surface area contributed by atoms with Crippen LogP contribution in [0, 0.1) is 0 Å². The van der Waals surface area contributed by atoms with Crippen LogP contribution in [-0.2, 0) is 22.6 Å². The third kappa shape index (κ3) is 3.64. The summed E-state index contributed by atoms with van der Waals surface area (Å²) in [5.41, 5.74) is 0.423. The molecule has 2 aromatic heterocycles. The third-order valence-corrected chi connectivity index (χ3v) is 2.68. The van der Waals surface area contributed by atoms with Crippen LogP contribution in [0.3, 0.4) is 0 Å². The highest BCUT2D eigenvalue weighted by Gasteiger charge is 2.18. The smallest absolute Gasteiger partial charge is 0.341 e. The quantitative estimate of drug-likeness (QED) is 0.681. The van der Waals surface area contributed by atoms with E-state index in [1.54, 1.807) is 29.0 Å². The molecule has 8 heteroatoms. The van der Waals surface area contributed by atoms with Crippen LogP contribution in [0.5, 0.6) is 0 Å². The lowest BCUT2D eigenvalue weighted by Crippen LogP contribution is -2.28. The summed E-state index contributed by atoms with van der Waals surface area (Å²) in [6, 6.07) is 0. The van der Waals surface area contributed by atoms with Crippen molar-refractivity contribution in [1.82, 2.24) is 24.5 Å². The molecule has 2 rings (SSSR count). The van der Waals surface area contributed by atoms with Crippen molar-refractivity contribution in [2.45, 2.75) is 26.1 Å². The van der Waals surface area contributed by atoms with Gasteiger partial charge in [-0.2, -0.15) is 10.2 Å². The summed E-state index contributed by atoms with van der Waals surface area (Å²) in [5, 5.41) is 8.02. The molecule has 0 amide bonds. The number of carbonyl (C=O) groups excluding carboxylic acids is 1. The topological polar surface area (TPSA) is 84.1 Å². The normalized spacial score (nSPS) is 12.3. The van der Waals surface area contributed by atoms with Gasteiger partial charge in [0.25, 0.3) is 0 Å². The molecule has 2 aromatic rings. The first-order valence-corrected chi connectivity index (χ1v) is 6.27. The van der Waals surface area contributed by atoms with E-state index in [2.05, 4.69) is 15.2 Å². The Morgan fingerprint density at radius 3 is 2.85 bits per heavy atom. The van der Waals surface area contributed by atoms with E-state index in [4.69, 9.17) is 9.47 Å². The minimum Gasteiger partial charge on any atom is -0.454 e. The molecular formula is C12H17N5O3. The fourth-order valence-corrected chi connectivity index (χ4v) is 1.71. The van der Waals surface area contributed by atoms with Crippen molar-refractivity contribution in [1.29, 1.82) is 0 Å². The molecule has 0 radical (unpaired) electrons. The highest BCUT2D eigenvalue weighted by atomic mass is 16.6. The molecule has 0 aromatic carbocycles. The minimum atomic E-state index is -0.431. The molecule has 108 valence electrons. The predicted octanol–water partition coefficient (Wildman–Crippen LogP) is 0.366. The standard InChI is InChI=1S/C12H17N5O3/c1-3-16-5-10(4-14-16)12(18)20-11(7-19-2)6-17-9-13-8-15-17/h4-5,8-9,11H,3,6-7H2,1-2H3/t11-/m0/s1. The third-order valence-electron chi connectivity index (χ3n) is 2.68. The van der Waals surface area contributed by atoms with Crippen LogP contribution in [0.25, 0.3) is 0 Å². The van der Waals surface area contributed by atoms with Crippen LogP contribution in [0.4, 0.5) is 0 Å². The number of aromatic nitrogens is 5. The van der Waals surface area contributed by atoms with Gasteiger partial charge < -0.3 is 9.47 Å². The van der Waals surface area contributed by atoms with Gasteiger partial charge >= 0.3 is 5.97 Å². The average molecular weight is 279 g/mol. The first-order chi connectivity index (χ1) is 9.72. The highest BCUT2D eigenvalue weighted by molar-refractivity contribution is 5.88. The highest BCUT2D eigenvalue weighted by Crippen LogP contribution is 2.05. The summed E-state index contributed by atoms with van der Waals surface area (Å²) in [4.78, 5) is 15.9. The van der Waals surface area contributed by atoms with Crippen LogP contribution in [0.15, 0.2) is 25.0 Å². The van der Waals surface area contributed by atoms with E-state index < -0.39 is 12.1 Å². The number of methoxy groups -OCH3 is 1. The lowest BCUT2D eigenvalue weighted by Gasteiger charge is -2.16. The second-order valence-corrected chi connectivity index (χ2v) is 4.18. The van der Waals surface area contributed by atoms with Crippen LogP contribution >= 0.6 is 0 Å². The molecule has 0 fully saturated rings. The number of aryl methyl sites for hydroxylation is 1. The van der Waals surface area contributed by atoms with E-state index >= 15 is 0 Å². The largest absolute Gasteiger partial charge is 0.454 e. The average Bonchev–Trinajstić information content (AvgIpc) is 3.09. The summed E-state index contributed by atoms with van der Waals surface area (Å²) in [6.07, 6.45) is 5.70. The Balaban J connectivity index is 1.98. The Morgan fingerprint density at radius 2 is 2.25 bits per heavy atom. The maximum atomic E-state index is 12.0. The molecule has 8 nitrogen and oxygen atoms in total. The predicted molar refractivity (Wildman–Crippen MR) is 69.0 cm³/mol. The number of rotatable bonds is 7. The maximum absolute atomic E-state index is 12.0. The van der Waals surface area contributed by atoms with E-state index in [-0.39, 0.29) is 6.61 Å². The molecule has 0 bridgehead atoms. The summed E-state index contributed by atoms with van der Waals surface area (Å²) >= 11 is 0. The van der Waals surface area contributed by atoms with E-state index in [1.165, 1.54) is 12.5 Å². The lowest BCUT2D eigenvalue weighted by atomic mass is 10.3. The van der Waals surface area contributed by atoms with Gasteiger partial charge in [-0.3, -0.25) is 4.68 Å². The number of esters is 1. The molecule has 2 heterocycles. The molecule has 0 aliphatic carbocycles. The summed E-state index contributed by atoms with van der Waals surface area (Å²) in [7, 11) is 1.55. The Morgan fingerprint density at radius 1 is 1.40 bits per heavy atom. The second-order valence-electron chi connectivity index (χ2n) is 4.18. The fourth-order valence-electron chi connectivity index (χ4n) is 1.71. The van der Waals surface area contributed by atoms with Crippen molar-refractivity contribution in [3.63, 3.8) is 0 Å². The zero-order valence-electron chi connectivity index (χ0n) is 11.5. The second kappa shape index (κ2) is 6.80. The van der Waals surface area contributed by atoms with E-state index in [9.17, 15) is 4.79 Å². The molecular weight excluding hydrogens is 262 g/mol. The van der Waals surface area contributed by atoms with Gasteiger partial charge in [0.15, 0.2) is 0 Å². The van der Waals surface area contributed by atoms with Crippen molar-refractivity contribution in [3.05, 3.63) is 30.6 Å². The molecule has 0 aliphatic heterocycles. The number of carbonyl (C=O) groups is 1. The van der Waals surface area contributed by atoms with Gasteiger partial charge in [0.2, 0.25) is 0 Å². The molecule has 20 heavy (non-hydrogen) atoms. The van der Waals surface area contributed by atoms with Gasteiger partial charge in [-0.1, -0.05) is 0 Å². The number of ether oxygens (including phenoxy) is 2. The summed E-state index contributed by atoms with van der Waals surface area (Å²) in [5.74, 6) is -0.424. The van der Waals surface area contributed by atoms with Gasteiger partial charge in [0.05, 0.1) is 24.9 Å². The first-order valence-electron chi connectivity index (χ1n) is 6.27. The molecule has 0 unspecified atom stereocenters. The molecule has 0 N–H and O–H groups in total. The van der Waals surface area contributed by atoms with Crippen LogP contribution in [0.2, 0.25) is 0 Å². The van der Waals surface area contributed by atoms with Crippen molar-refractivity contribution in [2.24, 2.45) is 0 Å². The van der Waals surface area contributed by atoms with Gasteiger partial charge in [-0.05, 0) is 6.92 Å². The van der Waals surface area contributed by atoms with E-state index in [0.717, 1.165) is 0 Å². The number of hydrogen-bond acceptors (Lipinski definition) is 6. The Labute approximate surface area is 116 Å². The van der Waals surface area contributed by atoms with Crippen LogP contribution in [-0.4, -0.2) is 50.3 Å². The van der Waals surface area contributed by atoms with E-state index in [0.29, 0.717) is 18.7 Å². The van der Waals surface area contributed by atoms with Crippen molar-refractivity contribution in [2.75, 3.05) is 13.7 Å². The van der Waals surface area contributed by atoms with Crippen LogP contribution in [0.1, 0.15) is 17.3 Å². The molecule has 0 spiro atoms. The summed E-state index contributed by atoms with van der Waals surface area (Å²) in [6.45, 7) is 3.32. The zero-order valence-corrected chi connectivity index (χ0v) is 11.5. The van der Waals surface area contributed by atoms with Crippen molar-refractivity contribution >= 4 is 5.97 Å². The van der Waals surface area contributed by atoms with Gasteiger partial charge in [-0.15, -0.1) is 0 Å². The number of nitrogens with zero attached hydrogens (tertiary/aromatic N) is 5. The SMILES string of the molecule is CCn1cc(C(=O)O[C@H](COC)Cn2cncn2)cn1. The van der Waals surface area contributed by atoms with Crippen LogP contribution < -0.4 is 0 Å². The van der Waals surface area contributed by atoms with Crippen molar-refractivity contribution in [3.8, 4) is 0 Å². The zero-order chi connectivity index (χ0) is 14.4. The fraction of sp³-hybridized carbons (Fsp3) is 0.500. The van der Waals surface area contributed by atoms with E-state index in [1.807, 2.05) is 6.92 Å². The molecule has 0 aliphatic rings. The molecule has 1 atom stereocenters. The Bertz CT molecular complexity index is 537. The van der Waals surface area contributed by atoms with Gasteiger partial charge in [-0.25, -0.2) is 14.5 Å². The lowest BCUT2D eigenvalue weighted by molar-refractivity contribution is -0.000871. The van der Waals surface area contributed by atoms with Gasteiger partial charge in [0, 0.05) is 19.9 Å². The van der Waals surface area contributed by atoms with Gasteiger partial charge in [0.1, 0.15) is 18.8 Å². The minimum absolute atomic E-state index is 0.285. The Hall–Kier alpha value is -2.22. The monoisotopic (exact) mass is 279 g/mol. The molecule has 0 saturated carbocycles.